The Hall–Kier alpha value is -4.88. The van der Waals surface area contributed by atoms with Crippen LogP contribution in [0.3, 0.4) is 0 Å². The number of Topliss-reactive ketones (excluding diaryl/α,β-unsaturated/α-hetero) is 1. The molecule has 0 saturated carbocycles. The van der Waals surface area contributed by atoms with Gasteiger partial charge in [-0.15, -0.1) is 0 Å². The van der Waals surface area contributed by atoms with Gasteiger partial charge in [0.25, 0.3) is 11.8 Å². The summed E-state index contributed by atoms with van der Waals surface area (Å²) < 4.78 is 35.9. The number of hydrogen-bond acceptors (Lipinski definition) is 7. The molecule has 2 bridgehead atoms. The molecule has 0 radical (unpaired) electrons. The number of nitrogens with one attached hydrogen (secondary N) is 4. The van der Waals surface area contributed by atoms with Gasteiger partial charge in [-0.2, -0.15) is 8.78 Å². The van der Waals surface area contributed by atoms with E-state index in [2.05, 4.69) is 21.3 Å². The Morgan fingerprint density at radius 2 is 1.64 bits per heavy atom. The van der Waals surface area contributed by atoms with Crippen LogP contribution in [0.2, 0.25) is 0 Å². The number of carboxylic acids is 1. The molecule has 2 aromatic rings. The van der Waals surface area contributed by atoms with E-state index < -0.39 is 84.8 Å². The lowest BCUT2D eigenvalue weighted by molar-refractivity contribution is -0.160. The molecule has 2 aliphatic rings. The summed E-state index contributed by atoms with van der Waals surface area (Å²) in [6.07, 6.45) is -1.25. The number of carbonyl (C=O) groups excluding carboxylic acids is 5. The van der Waals surface area contributed by atoms with Crippen molar-refractivity contribution in [1.29, 1.82) is 0 Å². The van der Waals surface area contributed by atoms with Crippen LogP contribution in [0.4, 0.5) is 8.78 Å². The number of fused-ring (bicyclic) bond motifs is 13. The summed E-state index contributed by atoms with van der Waals surface area (Å²) >= 11 is 0. The normalized spacial score (nSPS) is 19.8. The van der Waals surface area contributed by atoms with Crippen molar-refractivity contribution in [2.75, 3.05) is 6.61 Å². The zero-order valence-corrected chi connectivity index (χ0v) is 24.1. The zero-order chi connectivity index (χ0) is 32.4. The van der Waals surface area contributed by atoms with Crippen molar-refractivity contribution in [3.63, 3.8) is 0 Å². The Morgan fingerprint density at radius 3 is 2.25 bits per heavy atom. The second-order valence-corrected chi connectivity index (χ2v) is 10.6. The lowest BCUT2D eigenvalue weighted by Gasteiger charge is -2.28. The van der Waals surface area contributed by atoms with Gasteiger partial charge in [0, 0.05) is 19.4 Å². The SMILES string of the molecule is CC(C)C1NC(=O)C(CCC(=O)O)NC(=O)COc2ccc(cc2)CC(C(=O)C(F)(F)C(=O)NCc2ccccc2)NC1=O. The number of rotatable bonds is 9. The van der Waals surface area contributed by atoms with Gasteiger partial charge < -0.3 is 31.1 Å². The topological polar surface area (TPSA) is 180 Å². The second-order valence-electron chi connectivity index (χ2n) is 10.6. The van der Waals surface area contributed by atoms with Gasteiger partial charge in [-0.1, -0.05) is 56.3 Å². The van der Waals surface area contributed by atoms with Gasteiger partial charge in [0.05, 0.1) is 6.04 Å². The summed E-state index contributed by atoms with van der Waals surface area (Å²) in [5.74, 6) is -12.5. The van der Waals surface area contributed by atoms with Gasteiger partial charge in [0.2, 0.25) is 17.6 Å². The van der Waals surface area contributed by atoms with E-state index in [0.29, 0.717) is 11.1 Å². The molecule has 2 heterocycles. The third-order valence-electron chi connectivity index (χ3n) is 6.80. The fourth-order valence-corrected chi connectivity index (χ4v) is 4.36. The van der Waals surface area contributed by atoms with Crippen molar-refractivity contribution in [2.45, 2.75) is 63.7 Å². The number of amides is 4. The molecule has 0 aromatic heterocycles. The van der Waals surface area contributed by atoms with Crippen LogP contribution in [0.15, 0.2) is 54.6 Å². The third kappa shape index (κ3) is 9.31. The first kappa shape index (κ1) is 33.6. The van der Waals surface area contributed by atoms with Crippen LogP contribution in [0.5, 0.6) is 5.75 Å². The highest BCUT2D eigenvalue weighted by atomic mass is 19.3. The number of ketones is 1. The van der Waals surface area contributed by atoms with Crippen molar-refractivity contribution < 1.29 is 47.4 Å². The predicted octanol–water partition coefficient (Wildman–Crippen LogP) is 1.12. The number of carbonyl (C=O) groups is 6. The smallest absolute Gasteiger partial charge is 0.383 e. The maximum Gasteiger partial charge on any atom is 0.383 e. The summed E-state index contributed by atoms with van der Waals surface area (Å²) in [5, 5.41) is 18.2. The minimum absolute atomic E-state index is 0.194. The van der Waals surface area contributed by atoms with E-state index in [1.54, 1.807) is 44.2 Å². The quantitative estimate of drug-likeness (QED) is 0.205. The van der Waals surface area contributed by atoms with Crippen molar-refractivity contribution in [3.05, 3.63) is 65.7 Å². The van der Waals surface area contributed by atoms with Gasteiger partial charge in [-0.3, -0.25) is 28.8 Å². The number of alkyl halides is 2. The van der Waals surface area contributed by atoms with Crippen LogP contribution in [0.25, 0.3) is 0 Å². The van der Waals surface area contributed by atoms with Gasteiger partial charge in [-0.05, 0) is 35.6 Å². The summed E-state index contributed by atoms with van der Waals surface area (Å²) in [4.78, 5) is 75.8. The van der Waals surface area contributed by atoms with E-state index in [1.165, 1.54) is 24.3 Å². The average Bonchev–Trinajstić information content (AvgIpc) is 2.99. The third-order valence-corrected chi connectivity index (χ3v) is 6.80. The predicted molar refractivity (Wildman–Crippen MR) is 151 cm³/mol. The Bertz CT molecular complexity index is 1370. The van der Waals surface area contributed by atoms with Gasteiger partial charge in [0.1, 0.15) is 17.8 Å². The van der Waals surface area contributed by atoms with E-state index in [1.807, 2.05) is 0 Å². The Kier molecular flexibility index (Phi) is 11.5. The molecular weight excluding hydrogens is 582 g/mol. The van der Waals surface area contributed by atoms with Gasteiger partial charge >= 0.3 is 11.9 Å². The van der Waals surface area contributed by atoms with E-state index in [9.17, 15) is 28.8 Å². The Morgan fingerprint density at radius 1 is 0.977 bits per heavy atom. The molecule has 4 rings (SSSR count). The molecule has 2 aromatic carbocycles. The molecule has 236 valence electrons. The molecule has 5 N–H and O–H groups in total. The summed E-state index contributed by atoms with van der Waals surface area (Å²) in [5.41, 5.74) is 0.852. The van der Waals surface area contributed by atoms with Crippen molar-refractivity contribution in [1.82, 2.24) is 21.3 Å². The molecule has 0 aliphatic carbocycles. The fraction of sp³-hybridized carbons (Fsp3) is 0.400. The first-order valence-corrected chi connectivity index (χ1v) is 13.9. The summed E-state index contributed by atoms with van der Waals surface area (Å²) in [6, 6.07) is 9.29. The first-order valence-electron chi connectivity index (χ1n) is 13.9. The number of hydrogen-bond donors (Lipinski definition) is 5. The average molecular weight is 617 g/mol. The number of halogens is 2. The molecule has 0 fully saturated rings. The maximum atomic E-state index is 15.3. The van der Waals surface area contributed by atoms with Crippen LogP contribution in [-0.2, 0) is 41.7 Å². The first-order chi connectivity index (χ1) is 20.8. The molecule has 12 nitrogen and oxygen atoms in total. The number of carboxylic acid groups (broad SMARTS) is 1. The molecule has 14 heteroatoms. The second kappa shape index (κ2) is 15.0. The monoisotopic (exact) mass is 616 g/mol. The van der Waals surface area contributed by atoms with Crippen molar-refractivity contribution in [2.24, 2.45) is 5.92 Å². The molecule has 2 aliphatic heterocycles. The minimum atomic E-state index is -4.53. The standard InChI is InChI=1S/C30H34F2N4O8/c1-17(2)25-28(42)35-22(26(40)30(31,32)29(43)33-15-19-6-4-3-5-7-19)14-18-8-10-20(11-9-18)44-16-23(37)34-21(27(41)36-25)12-13-24(38)39/h3-11,17,21-22,25H,12-16H2,1-2H3,(H,33,43)(H,34,37)(H,35,42)(H,36,41)(H,38,39). The maximum absolute atomic E-state index is 15.3. The molecule has 3 atom stereocenters. The lowest BCUT2D eigenvalue weighted by atomic mass is 9.96. The van der Waals surface area contributed by atoms with Crippen molar-refractivity contribution in [3.8, 4) is 5.75 Å². The zero-order valence-electron chi connectivity index (χ0n) is 24.1. The van der Waals surface area contributed by atoms with E-state index in [0.717, 1.165) is 0 Å². The highest BCUT2D eigenvalue weighted by Gasteiger charge is 2.50. The number of aliphatic carboxylic acids is 1. The van der Waals surface area contributed by atoms with Crippen LogP contribution in [-0.4, -0.2) is 71.1 Å². The summed E-state index contributed by atoms with van der Waals surface area (Å²) in [6.45, 7) is 2.29. The molecule has 3 unspecified atom stereocenters. The van der Waals surface area contributed by atoms with Crippen LogP contribution >= 0.6 is 0 Å². The molecule has 44 heavy (non-hydrogen) atoms. The number of ether oxygens (including phenoxy) is 1. The van der Waals surface area contributed by atoms with Gasteiger partial charge in [0.15, 0.2) is 6.61 Å². The highest BCUT2D eigenvalue weighted by Crippen LogP contribution is 2.22. The molecule has 4 amide bonds. The van der Waals surface area contributed by atoms with Gasteiger partial charge in [-0.25, -0.2) is 0 Å². The number of benzene rings is 2. The largest absolute Gasteiger partial charge is 0.484 e. The van der Waals surface area contributed by atoms with Crippen LogP contribution in [0, 0.1) is 5.92 Å². The van der Waals surface area contributed by atoms with E-state index >= 15 is 8.78 Å². The lowest BCUT2D eigenvalue weighted by Crippen LogP contribution is -2.60. The Labute approximate surface area is 251 Å². The van der Waals surface area contributed by atoms with Crippen LogP contribution in [0.1, 0.15) is 37.8 Å². The molecule has 0 spiro atoms. The minimum Gasteiger partial charge on any atom is -0.484 e. The van der Waals surface area contributed by atoms with E-state index in [-0.39, 0.29) is 18.7 Å². The van der Waals surface area contributed by atoms with E-state index in [4.69, 9.17) is 9.84 Å². The van der Waals surface area contributed by atoms with Crippen LogP contribution < -0.4 is 26.0 Å². The molecular formula is C30H34F2N4O8. The fourth-order valence-electron chi connectivity index (χ4n) is 4.36. The molecule has 0 saturated heterocycles. The van der Waals surface area contributed by atoms with Crippen molar-refractivity contribution >= 4 is 35.4 Å². The Balaban J connectivity index is 1.92. The highest BCUT2D eigenvalue weighted by molar-refractivity contribution is 6.10. The summed E-state index contributed by atoms with van der Waals surface area (Å²) in [7, 11) is 0.